The Bertz CT molecular complexity index is 1260. The van der Waals surface area contributed by atoms with Gasteiger partial charge in [-0.15, -0.1) is 5.92 Å². The average Bonchev–Trinajstić information content (AvgIpc) is 2.83. The number of hydrogen-bond donors (Lipinski definition) is 6. The van der Waals surface area contributed by atoms with Crippen molar-refractivity contribution in [1.82, 2.24) is 9.55 Å². The maximum absolute atomic E-state index is 12.4. The molecule has 0 radical (unpaired) electrons. The molecule has 2 heterocycles. The van der Waals surface area contributed by atoms with Crippen LogP contribution >= 0.6 is 35.1 Å². The van der Waals surface area contributed by atoms with Crippen LogP contribution in [0.5, 0.6) is 0 Å². The van der Waals surface area contributed by atoms with Gasteiger partial charge in [0, 0.05) is 11.8 Å². The molecule has 6 N–H and O–H groups in total. The molecule has 192 valence electrons. The Morgan fingerprint density at radius 3 is 2.29 bits per heavy atom. The minimum atomic E-state index is -5.78. The summed E-state index contributed by atoms with van der Waals surface area (Å²) in [5.41, 5.74) is -1.63. The number of aryl methyl sites for hydroxylation is 1. The molecule has 1 aliphatic rings. The van der Waals surface area contributed by atoms with Crippen molar-refractivity contribution in [3.63, 3.8) is 0 Å². The summed E-state index contributed by atoms with van der Waals surface area (Å²) >= 11 is 6.48. The van der Waals surface area contributed by atoms with E-state index in [-0.39, 0.29) is 5.69 Å². The van der Waals surface area contributed by atoms with Gasteiger partial charge in [0.25, 0.3) is 5.56 Å². The van der Waals surface area contributed by atoms with Crippen LogP contribution in [0, 0.1) is 18.8 Å². The highest BCUT2D eigenvalue weighted by molar-refractivity contribution is 7.66. The molecule has 2 rings (SSSR count). The molecular weight excluding hydrogens is 549 g/mol. The number of alkyl halides is 1. The topological polar surface area (TPSA) is 244 Å². The number of nitrogens with one attached hydrogen (secondary N) is 1. The Morgan fingerprint density at radius 1 is 1.21 bits per heavy atom. The lowest BCUT2D eigenvalue weighted by molar-refractivity contribution is -0.0754. The van der Waals surface area contributed by atoms with Gasteiger partial charge in [0.2, 0.25) is 0 Å². The van der Waals surface area contributed by atoms with Gasteiger partial charge in [-0.2, -0.15) is 8.62 Å². The highest BCUT2D eigenvalue weighted by atomic mass is 35.5. The Morgan fingerprint density at radius 2 is 1.79 bits per heavy atom. The summed E-state index contributed by atoms with van der Waals surface area (Å²) in [7, 11) is -17.0. The van der Waals surface area contributed by atoms with Crippen LogP contribution in [-0.4, -0.2) is 57.4 Å². The van der Waals surface area contributed by atoms with E-state index < -0.39 is 64.1 Å². The third-order valence-corrected chi connectivity index (χ3v) is 8.72. The zero-order valence-corrected chi connectivity index (χ0v) is 20.9. The van der Waals surface area contributed by atoms with E-state index in [1.807, 2.05) is 4.98 Å². The molecule has 20 heteroatoms. The van der Waals surface area contributed by atoms with Crippen molar-refractivity contribution in [2.45, 2.75) is 50.2 Å². The minimum absolute atomic E-state index is 0.0649. The van der Waals surface area contributed by atoms with Crippen LogP contribution in [-0.2, 0) is 31.6 Å². The molecule has 0 saturated carbocycles. The van der Waals surface area contributed by atoms with Crippen molar-refractivity contribution in [3.8, 4) is 11.8 Å². The monoisotopic (exact) mass is 568 g/mol. The fourth-order valence-corrected chi connectivity index (χ4v) is 6.70. The smallest absolute Gasteiger partial charge is 0.387 e. The summed E-state index contributed by atoms with van der Waals surface area (Å²) in [5, 5.41) is 10.8. The van der Waals surface area contributed by atoms with Crippen molar-refractivity contribution < 1.29 is 56.3 Å². The van der Waals surface area contributed by atoms with E-state index >= 15 is 0 Å². The van der Waals surface area contributed by atoms with Crippen molar-refractivity contribution in [2.24, 2.45) is 0 Å². The van der Waals surface area contributed by atoms with E-state index in [4.69, 9.17) is 26.1 Å². The number of phosphoric acid groups is 3. The Labute approximate surface area is 195 Å². The molecule has 7 atom stereocenters. The molecule has 1 aromatic heterocycles. The van der Waals surface area contributed by atoms with Crippen molar-refractivity contribution >= 4 is 35.1 Å². The number of hydrogen-bond acceptors (Lipinski definition) is 10. The van der Waals surface area contributed by atoms with Crippen LogP contribution in [0.3, 0.4) is 0 Å². The van der Waals surface area contributed by atoms with Gasteiger partial charge in [-0.05, 0) is 20.8 Å². The molecular formula is C14H20ClN2O14P3. The fraction of sp³-hybridized carbons (Fsp3) is 0.571. The molecule has 0 aromatic carbocycles. The van der Waals surface area contributed by atoms with E-state index in [2.05, 4.69) is 25.0 Å². The summed E-state index contributed by atoms with van der Waals surface area (Å²) in [6, 6.07) is 1.04. The first-order valence-corrected chi connectivity index (χ1v) is 13.8. The molecule has 3 unspecified atom stereocenters. The largest absolute Gasteiger partial charge is 0.490 e. The molecule has 0 amide bonds. The fourth-order valence-electron chi connectivity index (χ4n) is 3.13. The lowest BCUT2D eigenvalue weighted by atomic mass is 9.96. The van der Waals surface area contributed by atoms with Crippen LogP contribution in [0.4, 0.5) is 0 Å². The molecule has 1 aliphatic heterocycles. The number of rotatable bonds is 8. The van der Waals surface area contributed by atoms with Gasteiger partial charge in [-0.3, -0.25) is 18.9 Å². The van der Waals surface area contributed by atoms with Gasteiger partial charge in [-0.25, -0.2) is 18.5 Å². The lowest BCUT2D eigenvalue weighted by Crippen LogP contribution is -2.46. The zero-order chi connectivity index (χ0) is 26.3. The predicted octanol–water partition coefficient (Wildman–Crippen LogP) is -0.164. The number of aliphatic hydroxyl groups excluding tert-OH is 1. The van der Waals surface area contributed by atoms with Crippen LogP contribution < -0.4 is 11.2 Å². The second-order valence-electron chi connectivity index (χ2n) is 6.89. The zero-order valence-electron chi connectivity index (χ0n) is 17.5. The molecule has 1 aromatic rings. The number of nitrogens with zero attached hydrogens (tertiary/aromatic N) is 1. The van der Waals surface area contributed by atoms with E-state index in [9.17, 15) is 38.2 Å². The summed E-state index contributed by atoms with van der Waals surface area (Å²) in [6.45, 7) is 3.78. The van der Waals surface area contributed by atoms with Crippen LogP contribution in [0.2, 0.25) is 0 Å². The van der Waals surface area contributed by atoms with E-state index in [1.165, 1.54) is 13.8 Å². The van der Waals surface area contributed by atoms with Crippen LogP contribution in [0.1, 0.15) is 25.8 Å². The second-order valence-corrected chi connectivity index (χ2v) is 11.9. The molecule has 0 spiro atoms. The minimum Gasteiger partial charge on any atom is -0.387 e. The Hall–Kier alpha value is -1.14. The maximum atomic E-state index is 12.4. The summed E-state index contributed by atoms with van der Waals surface area (Å²) < 4.78 is 52.8. The molecule has 0 bridgehead atoms. The maximum Gasteiger partial charge on any atom is 0.490 e. The first kappa shape index (κ1) is 29.1. The van der Waals surface area contributed by atoms with Crippen LogP contribution in [0.25, 0.3) is 0 Å². The highest BCUT2D eigenvalue weighted by Crippen LogP contribution is 2.66. The number of H-pyrrole nitrogens is 1. The molecule has 1 saturated heterocycles. The van der Waals surface area contributed by atoms with Crippen molar-refractivity contribution in [1.29, 1.82) is 0 Å². The van der Waals surface area contributed by atoms with Gasteiger partial charge >= 0.3 is 29.2 Å². The van der Waals surface area contributed by atoms with Gasteiger partial charge in [0.05, 0.1) is 6.10 Å². The normalized spacial score (nSPS) is 29.5. The average molecular weight is 569 g/mol. The number of aliphatic hydroxyl groups is 1. The molecule has 34 heavy (non-hydrogen) atoms. The van der Waals surface area contributed by atoms with Gasteiger partial charge < -0.3 is 29.4 Å². The summed E-state index contributed by atoms with van der Waals surface area (Å²) in [4.78, 5) is 60.1. The molecule has 16 nitrogen and oxygen atoms in total. The second kappa shape index (κ2) is 10.1. The number of halogens is 1. The predicted molar refractivity (Wildman–Crippen MR) is 112 cm³/mol. The van der Waals surface area contributed by atoms with Crippen molar-refractivity contribution in [2.75, 3.05) is 0 Å². The molecule has 1 fully saturated rings. The lowest BCUT2D eigenvalue weighted by Gasteiger charge is -2.27. The quantitative estimate of drug-likeness (QED) is 0.135. The Kier molecular flexibility index (Phi) is 8.63. The first-order valence-electron chi connectivity index (χ1n) is 8.93. The highest BCUT2D eigenvalue weighted by Gasteiger charge is 2.58. The van der Waals surface area contributed by atoms with E-state index in [0.717, 1.165) is 17.6 Å². The van der Waals surface area contributed by atoms with Gasteiger partial charge in [-0.1, -0.05) is 17.5 Å². The van der Waals surface area contributed by atoms with E-state index in [1.54, 1.807) is 0 Å². The SMILES string of the molecule is CC#CC1(Cl)[C@@H](O)[C@@H]([C@@H](C)OP(=O)(O)OP(=O)(O)OP(=O)(O)O)O[C@H]1n1c(C)cc(=O)[nH]c1=O. The number of ether oxygens (including phenoxy) is 1. The summed E-state index contributed by atoms with van der Waals surface area (Å²) in [5.74, 6) is 4.93. The number of aromatic amines is 1. The van der Waals surface area contributed by atoms with Gasteiger partial charge in [0.1, 0.15) is 12.2 Å². The van der Waals surface area contributed by atoms with Crippen molar-refractivity contribution in [3.05, 3.63) is 32.6 Å². The van der Waals surface area contributed by atoms with E-state index in [0.29, 0.717) is 0 Å². The van der Waals surface area contributed by atoms with Crippen LogP contribution in [0.15, 0.2) is 15.7 Å². The number of phosphoric ester groups is 1. The third kappa shape index (κ3) is 6.75. The summed E-state index contributed by atoms with van der Waals surface area (Å²) in [6.07, 6.45) is -6.65. The molecule has 0 aliphatic carbocycles. The first-order chi connectivity index (χ1) is 15.3. The number of aromatic nitrogens is 2. The Balaban J connectivity index is 2.37. The van der Waals surface area contributed by atoms with Gasteiger partial charge in [0.15, 0.2) is 11.1 Å². The third-order valence-electron chi connectivity index (χ3n) is 4.29. The standard InChI is InChI=1S/C14H20ClN2O14P3/c1-4-5-14(15)11(19)10(28-12(14)17-7(2)6-9(18)16-13(17)20)8(3)29-33(24,25)31-34(26,27)30-32(21,22)23/h6,8,10-12,19H,1-3H3,(H,24,25)(H,26,27)(H,16,18,20)(H2,21,22,23)/t8-,10-,11+,12-,14?/m1/s1.